The van der Waals surface area contributed by atoms with Crippen LogP contribution in [0.15, 0.2) is 24.3 Å². The Balaban J connectivity index is 2.10. The molecule has 1 aromatic carbocycles. The summed E-state index contributed by atoms with van der Waals surface area (Å²) in [6.45, 7) is 0. The molecule has 0 radical (unpaired) electrons. The highest BCUT2D eigenvalue weighted by molar-refractivity contribution is 6.02. The summed E-state index contributed by atoms with van der Waals surface area (Å²) in [7, 11) is 0. The number of benzene rings is 1. The van der Waals surface area contributed by atoms with Crippen LogP contribution in [0.3, 0.4) is 0 Å². The van der Waals surface area contributed by atoms with Crippen molar-refractivity contribution < 1.29 is 9.59 Å². The fourth-order valence-electron chi connectivity index (χ4n) is 1.28. The van der Waals surface area contributed by atoms with Gasteiger partial charge in [-0.2, -0.15) is 4.98 Å². The van der Waals surface area contributed by atoms with E-state index in [-0.39, 0.29) is 11.8 Å². The SMILES string of the molecule is NC(=O)c1ccc(NC(=O)c2nc(N)n[nH]2)cc1. The van der Waals surface area contributed by atoms with E-state index in [1.165, 1.54) is 12.1 Å². The van der Waals surface area contributed by atoms with Gasteiger partial charge >= 0.3 is 0 Å². The van der Waals surface area contributed by atoms with E-state index >= 15 is 0 Å². The zero-order valence-corrected chi connectivity index (χ0v) is 9.18. The van der Waals surface area contributed by atoms with E-state index in [0.29, 0.717) is 11.3 Å². The monoisotopic (exact) mass is 246 g/mol. The topological polar surface area (TPSA) is 140 Å². The molecule has 0 atom stereocenters. The quantitative estimate of drug-likeness (QED) is 0.590. The van der Waals surface area contributed by atoms with E-state index in [0.717, 1.165) is 0 Å². The maximum atomic E-state index is 11.7. The van der Waals surface area contributed by atoms with Gasteiger partial charge in [0.05, 0.1) is 0 Å². The smallest absolute Gasteiger partial charge is 0.293 e. The van der Waals surface area contributed by atoms with Crippen molar-refractivity contribution in [3.8, 4) is 0 Å². The van der Waals surface area contributed by atoms with Gasteiger partial charge in [0, 0.05) is 11.3 Å². The Morgan fingerprint density at radius 3 is 2.39 bits per heavy atom. The number of rotatable bonds is 3. The molecule has 0 bridgehead atoms. The first-order valence-corrected chi connectivity index (χ1v) is 4.95. The molecule has 8 nitrogen and oxygen atoms in total. The molecule has 0 unspecified atom stereocenters. The average molecular weight is 246 g/mol. The molecular formula is C10H10N6O2. The zero-order chi connectivity index (χ0) is 13.1. The second-order valence-corrected chi connectivity index (χ2v) is 3.44. The van der Waals surface area contributed by atoms with E-state index in [1.807, 2.05) is 0 Å². The largest absolute Gasteiger partial charge is 0.366 e. The van der Waals surface area contributed by atoms with Crippen LogP contribution in [-0.2, 0) is 0 Å². The van der Waals surface area contributed by atoms with Crippen LogP contribution in [0.25, 0.3) is 0 Å². The van der Waals surface area contributed by atoms with E-state index < -0.39 is 11.8 Å². The summed E-state index contributed by atoms with van der Waals surface area (Å²) in [5.41, 5.74) is 11.2. The maximum Gasteiger partial charge on any atom is 0.293 e. The zero-order valence-electron chi connectivity index (χ0n) is 9.18. The molecule has 0 saturated heterocycles. The number of anilines is 2. The van der Waals surface area contributed by atoms with Gasteiger partial charge in [0.1, 0.15) is 0 Å². The lowest BCUT2D eigenvalue weighted by atomic mass is 10.2. The number of nitrogens with one attached hydrogen (secondary N) is 2. The summed E-state index contributed by atoms with van der Waals surface area (Å²) >= 11 is 0. The van der Waals surface area contributed by atoms with Gasteiger partial charge in [-0.1, -0.05) is 0 Å². The van der Waals surface area contributed by atoms with Crippen molar-refractivity contribution in [2.75, 3.05) is 11.1 Å². The first kappa shape index (κ1) is 11.6. The van der Waals surface area contributed by atoms with E-state index in [9.17, 15) is 9.59 Å². The molecule has 92 valence electrons. The average Bonchev–Trinajstić information content (AvgIpc) is 2.76. The summed E-state index contributed by atoms with van der Waals surface area (Å²) in [5.74, 6) is -1.02. The van der Waals surface area contributed by atoms with Crippen molar-refractivity contribution in [3.63, 3.8) is 0 Å². The molecule has 2 amide bonds. The van der Waals surface area contributed by atoms with Crippen LogP contribution < -0.4 is 16.8 Å². The number of H-pyrrole nitrogens is 1. The van der Waals surface area contributed by atoms with E-state index in [4.69, 9.17) is 11.5 Å². The molecule has 8 heteroatoms. The highest BCUT2D eigenvalue weighted by Gasteiger charge is 2.10. The number of aromatic nitrogens is 3. The van der Waals surface area contributed by atoms with E-state index in [2.05, 4.69) is 20.5 Å². The third-order valence-corrected chi connectivity index (χ3v) is 2.15. The van der Waals surface area contributed by atoms with Crippen LogP contribution in [-0.4, -0.2) is 27.0 Å². The lowest BCUT2D eigenvalue weighted by Crippen LogP contribution is -2.14. The lowest BCUT2D eigenvalue weighted by Gasteiger charge is -2.03. The Morgan fingerprint density at radius 1 is 1.22 bits per heavy atom. The normalized spacial score (nSPS) is 10.0. The maximum absolute atomic E-state index is 11.7. The van der Waals surface area contributed by atoms with Gasteiger partial charge in [0.15, 0.2) is 0 Å². The number of nitrogens with zero attached hydrogens (tertiary/aromatic N) is 2. The number of aromatic amines is 1. The Bertz CT molecular complexity index is 589. The highest BCUT2D eigenvalue weighted by atomic mass is 16.2. The molecule has 2 rings (SSSR count). The Hall–Kier alpha value is -2.90. The Morgan fingerprint density at radius 2 is 1.89 bits per heavy atom. The van der Waals surface area contributed by atoms with Crippen LogP contribution in [0.4, 0.5) is 11.6 Å². The molecule has 2 aromatic rings. The van der Waals surface area contributed by atoms with Crippen molar-refractivity contribution in [3.05, 3.63) is 35.7 Å². The molecule has 18 heavy (non-hydrogen) atoms. The minimum atomic E-state index is -0.532. The predicted molar refractivity (Wildman–Crippen MR) is 63.7 cm³/mol. The van der Waals surface area contributed by atoms with E-state index in [1.54, 1.807) is 12.1 Å². The number of hydrogen-bond donors (Lipinski definition) is 4. The first-order valence-electron chi connectivity index (χ1n) is 4.95. The van der Waals surface area contributed by atoms with Crippen LogP contribution >= 0.6 is 0 Å². The lowest BCUT2D eigenvalue weighted by molar-refractivity contribution is 0.0997. The molecule has 0 aliphatic rings. The fourth-order valence-corrected chi connectivity index (χ4v) is 1.28. The van der Waals surface area contributed by atoms with Gasteiger partial charge in [-0.3, -0.25) is 14.7 Å². The highest BCUT2D eigenvalue weighted by Crippen LogP contribution is 2.10. The third kappa shape index (κ3) is 2.43. The number of carbonyl (C=O) groups is 2. The van der Waals surface area contributed by atoms with Crippen molar-refractivity contribution in [1.29, 1.82) is 0 Å². The number of hydrogen-bond acceptors (Lipinski definition) is 5. The Labute approximate surface area is 101 Å². The first-order chi connectivity index (χ1) is 8.56. The van der Waals surface area contributed by atoms with Crippen molar-refractivity contribution >= 4 is 23.5 Å². The summed E-state index contributed by atoms with van der Waals surface area (Å²) in [4.78, 5) is 26.2. The fraction of sp³-hybridized carbons (Fsp3) is 0. The molecule has 6 N–H and O–H groups in total. The molecule has 0 aliphatic carbocycles. The summed E-state index contributed by atoms with van der Waals surface area (Å²) in [5, 5.41) is 8.48. The van der Waals surface area contributed by atoms with Gasteiger partial charge in [-0.05, 0) is 24.3 Å². The van der Waals surface area contributed by atoms with Gasteiger partial charge in [0.25, 0.3) is 5.91 Å². The van der Waals surface area contributed by atoms with Gasteiger partial charge in [-0.15, -0.1) is 5.10 Å². The Kier molecular flexibility index (Phi) is 2.92. The number of amides is 2. The third-order valence-electron chi connectivity index (χ3n) is 2.15. The number of nitrogen functional groups attached to an aromatic ring is 1. The predicted octanol–water partition coefficient (Wildman–Crippen LogP) is -0.262. The number of nitrogens with two attached hydrogens (primary N) is 2. The van der Waals surface area contributed by atoms with Crippen LogP contribution in [0.1, 0.15) is 21.0 Å². The molecule has 0 saturated carbocycles. The van der Waals surface area contributed by atoms with Crippen LogP contribution in [0.2, 0.25) is 0 Å². The van der Waals surface area contributed by atoms with Gasteiger partial charge in [0.2, 0.25) is 17.7 Å². The van der Waals surface area contributed by atoms with Crippen LogP contribution in [0, 0.1) is 0 Å². The summed E-state index contributed by atoms with van der Waals surface area (Å²) in [6, 6.07) is 6.12. The molecular weight excluding hydrogens is 236 g/mol. The molecule has 1 heterocycles. The molecule has 0 spiro atoms. The minimum absolute atomic E-state index is 0.00600. The van der Waals surface area contributed by atoms with Gasteiger partial charge < -0.3 is 16.8 Å². The standard InChI is InChI=1S/C10H10N6O2/c11-7(17)5-1-3-6(4-2-5)13-9(18)8-14-10(12)16-15-8/h1-4H,(H2,11,17)(H,13,18)(H3,12,14,15,16). The summed E-state index contributed by atoms with van der Waals surface area (Å²) < 4.78 is 0. The van der Waals surface area contributed by atoms with Crippen molar-refractivity contribution in [1.82, 2.24) is 15.2 Å². The minimum Gasteiger partial charge on any atom is -0.366 e. The second-order valence-electron chi connectivity index (χ2n) is 3.44. The van der Waals surface area contributed by atoms with Crippen molar-refractivity contribution in [2.45, 2.75) is 0 Å². The second kappa shape index (κ2) is 4.53. The molecule has 0 aliphatic heterocycles. The summed E-state index contributed by atoms with van der Waals surface area (Å²) in [6.07, 6.45) is 0. The number of carbonyl (C=O) groups excluding carboxylic acids is 2. The van der Waals surface area contributed by atoms with Crippen molar-refractivity contribution in [2.24, 2.45) is 5.73 Å². The molecule has 0 fully saturated rings. The molecule has 1 aromatic heterocycles. The number of primary amides is 1. The van der Waals surface area contributed by atoms with Crippen LogP contribution in [0.5, 0.6) is 0 Å². The van der Waals surface area contributed by atoms with Gasteiger partial charge in [-0.25, -0.2) is 0 Å².